The van der Waals surface area contributed by atoms with E-state index in [2.05, 4.69) is 0 Å². The molecule has 1 heterocycles. The number of hydrogen-bond donors (Lipinski definition) is 0. The molecular formula is C12H21NO3S2. The minimum absolute atomic E-state index is 0.180. The normalized spacial score (nSPS) is 27.5. The highest BCUT2D eigenvalue weighted by Crippen LogP contribution is 2.27. The quantitative estimate of drug-likeness (QED) is 0.778. The summed E-state index contributed by atoms with van der Waals surface area (Å²) in [6.45, 7) is 1.03. The Balaban J connectivity index is 1.99. The monoisotopic (exact) mass is 291 g/mol. The topological polar surface area (TPSA) is 54.5 Å². The van der Waals surface area contributed by atoms with Gasteiger partial charge in [-0.05, 0) is 12.8 Å². The number of nitrogens with zero attached hydrogens (tertiary/aromatic N) is 1. The van der Waals surface area contributed by atoms with Crippen molar-refractivity contribution in [2.24, 2.45) is 5.92 Å². The van der Waals surface area contributed by atoms with E-state index in [1.165, 1.54) is 6.26 Å². The maximum atomic E-state index is 12.1. The van der Waals surface area contributed by atoms with Crippen LogP contribution in [-0.2, 0) is 14.6 Å². The Morgan fingerprint density at radius 1 is 1.33 bits per heavy atom. The van der Waals surface area contributed by atoms with Crippen molar-refractivity contribution >= 4 is 27.4 Å². The number of carbonyl (C=O) groups excluding carboxylic acids is 1. The maximum Gasteiger partial charge on any atom is 0.164 e. The first kappa shape index (κ1) is 14.3. The van der Waals surface area contributed by atoms with Crippen molar-refractivity contribution in [1.29, 1.82) is 0 Å². The van der Waals surface area contributed by atoms with Gasteiger partial charge in [0.1, 0.15) is 11.2 Å². The molecule has 0 aromatic heterocycles. The Kier molecular flexibility index (Phi) is 4.72. The zero-order valence-electron chi connectivity index (χ0n) is 10.8. The van der Waals surface area contributed by atoms with Crippen LogP contribution in [0.2, 0.25) is 0 Å². The zero-order chi connectivity index (χ0) is 13.2. The van der Waals surface area contributed by atoms with Crippen LogP contribution in [0.25, 0.3) is 0 Å². The molecule has 1 saturated heterocycles. The van der Waals surface area contributed by atoms with Gasteiger partial charge in [-0.25, -0.2) is 8.42 Å². The highest BCUT2D eigenvalue weighted by Gasteiger charge is 2.33. The van der Waals surface area contributed by atoms with Gasteiger partial charge in [0.2, 0.25) is 0 Å². The van der Waals surface area contributed by atoms with Crippen molar-refractivity contribution < 1.29 is 13.2 Å². The Hall–Kier alpha value is -0.0700. The van der Waals surface area contributed by atoms with Crippen LogP contribution in [0, 0.1) is 5.92 Å². The summed E-state index contributed by atoms with van der Waals surface area (Å²) in [5.41, 5.74) is 0. The molecular weight excluding hydrogens is 270 g/mol. The second-order valence-electron chi connectivity index (χ2n) is 5.28. The zero-order valence-corrected chi connectivity index (χ0v) is 12.4. The van der Waals surface area contributed by atoms with Crippen LogP contribution in [-0.4, -0.2) is 55.3 Å². The molecule has 0 spiro atoms. The lowest BCUT2D eigenvalue weighted by molar-refractivity contribution is -0.123. The van der Waals surface area contributed by atoms with Crippen LogP contribution in [0.5, 0.6) is 0 Å². The Morgan fingerprint density at radius 2 is 2.00 bits per heavy atom. The third kappa shape index (κ3) is 3.48. The number of Topliss-reactive ketones (excluding diaryl/α,β-unsaturated/α-hetero) is 1. The third-order valence-electron chi connectivity index (χ3n) is 3.85. The van der Waals surface area contributed by atoms with E-state index in [9.17, 15) is 13.2 Å². The molecule has 6 heteroatoms. The average Bonchev–Trinajstić information content (AvgIpc) is 2.81. The molecule has 0 radical (unpaired) electrons. The smallest absolute Gasteiger partial charge is 0.164 e. The second kappa shape index (κ2) is 5.92. The van der Waals surface area contributed by atoms with Gasteiger partial charge in [-0.2, -0.15) is 11.8 Å². The molecule has 2 fully saturated rings. The van der Waals surface area contributed by atoms with Crippen LogP contribution in [0.4, 0.5) is 0 Å². The van der Waals surface area contributed by atoms with Crippen LogP contribution in [0.3, 0.4) is 0 Å². The summed E-state index contributed by atoms with van der Waals surface area (Å²) in [4.78, 5) is 14.0. The lowest BCUT2D eigenvalue weighted by Gasteiger charge is -2.33. The number of sulfone groups is 1. The Bertz CT molecular complexity index is 402. The summed E-state index contributed by atoms with van der Waals surface area (Å²) in [6, 6.07) is 0. The van der Waals surface area contributed by atoms with Gasteiger partial charge in [0.05, 0.1) is 6.54 Å². The number of thioether (sulfide) groups is 1. The van der Waals surface area contributed by atoms with Gasteiger partial charge < -0.3 is 0 Å². The number of ketones is 1. The maximum absolute atomic E-state index is 12.1. The molecule has 2 aliphatic rings. The predicted octanol–water partition coefficient (Wildman–Crippen LogP) is 1.17. The molecule has 0 bridgehead atoms. The van der Waals surface area contributed by atoms with Crippen molar-refractivity contribution in [2.45, 2.75) is 31.1 Å². The summed E-state index contributed by atoms with van der Waals surface area (Å²) in [5, 5.41) is -0.471. The van der Waals surface area contributed by atoms with Crippen molar-refractivity contribution in [1.82, 2.24) is 4.90 Å². The second-order valence-corrected chi connectivity index (χ2v) is 8.63. The molecule has 18 heavy (non-hydrogen) atoms. The van der Waals surface area contributed by atoms with E-state index in [1.54, 1.807) is 11.8 Å². The first-order chi connectivity index (χ1) is 8.48. The van der Waals surface area contributed by atoms with Crippen LogP contribution in [0.1, 0.15) is 25.7 Å². The molecule has 1 unspecified atom stereocenters. The molecule has 2 rings (SSSR count). The summed E-state index contributed by atoms with van der Waals surface area (Å²) in [5.74, 6) is 1.94. The minimum atomic E-state index is -3.09. The standard InChI is InChI=1S/C12H21NO3S2/c1-18(15,16)12-9-17-7-6-13(12)8-11(14)10-4-2-3-5-10/h10,12H,2-9H2,1H3. The van der Waals surface area contributed by atoms with Gasteiger partial charge >= 0.3 is 0 Å². The van der Waals surface area contributed by atoms with E-state index in [4.69, 9.17) is 0 Å². The predicted molar refractivity (Wildman–Crippen MR) is 74.5 cm³/mol. The lowest BCUT2D eigenvalue weighted by atomic mass is 10.0. The fraction of sp³-hybridized carbons (Fsp3) is 0.917. The van der Waals surface area contributed by atoms with Crippen molar-refractivity contribution in [3.8, 4) is 0 Å². The summed E-state index contributed by atoms with van der Waals surface area (Å²) in [6.07, 6.45) is 5.54. The first-order valence-corrected chi connectivity index (χ1v) is 9.63. The number of hydrogen-bond acceptors (Lipinski definition) is 5. The van der Waals surface area contributed by atoms with Gasteiger partial charge in [0.25, 0.3) is 0 Å². The molecule has 0 amide bonds. The van der Waals surface area contributed by atoms with Crippen LogP contribution >= 0.6 is 11.8 Å². The average molecular weight is 291 g/mol. The summed E-state index contributed by atoms with van der Waals surface area (Å²) in [7, 11) is -3.09. The van der Waals surface area contributed by atoms with E-state index in [1.807, 2.05) is 4.90 Å². The van der Waals surface area contributed by atoms with E-state index in [-0.39, 0.29) is 11.7 Å². The van der Waals surface area contributed by atoms with Crippen molar-refractivity contribution in [3.63, 3.8) is 0 Å². The molecule has 0 aromatic carbocycles. The Morgan fingerprint density at radius 3 is 2.61 bits per heavy atom. The molecule has 1 saturated carbocycles. The van der Waals surface area contributed by atoms with Crippen LogP contribution in [0.15, 0.2) is 0 Å². The summed E-state index contributed by atoms with van der Waals surface area (Å²) >= 11 is 1.66. The van der Waals surface area contributed by atoms with Crippen LogP contribution < -0.4 is 0 Å². The molecule has 1 aliphatic carbocycles. The molecule has 1 aliphatic heterocycles. The van der Waals surface area contributed by atoms with E-state index in [0.717, 1.165) is 31.4 Å². The van der Waals surface area contributed by atoms with Crippen molar-refractivity contribution in [2.75, 3.05) is 30.9 Å². The van der Waals surface area contributed by atoms with Gasteiger partial charge in [0, 0.05) is 30.2 Å². The molecule has 0 N–H and O–H groups in total. The minimum Gasteiger partial charge on any atom is -0.298 e. The van der Waals surface area contributed by atoms with Gasteiger partial charge in [-0.15, -0.1) is 0 Å². The van der Waals surface area contributed by atoms with Gasteiger partial charge in [0.15, 0.2) is 9.84 Å². The van der Waals surface area contributed by atoms with E-state index >= 15 is 0 Å². The van der Waals surface area contributed by atoms with Gasteiger partial charge in [-0.1, -0.05) is 12.8 Å². The molecule has 0 aromatic rings. The Labute approximate surface area is 113 Å². The molecule has 4 nitrogen and oxygen atoms in total. The highest BCUT2D eigenvalue weighted by atomic mass is 32.2. The largest absolute Gasteiger partial charge is 0.298 e. The third-order valence-corrected chi connectivity index (χ3v) is 6.54. The van der Waals surface area contributed by atoms with Crippen molar-refractivity contribution in [3.05, 3.63) is 0 Å². The van der Waals surface area contributed by atoms with E-state index in [0.29, 0.717) is 18.8 Å². The number of carbonyl (C=O) groups is 1. The fourth-order valence-electron chi connectivity index (χ4n) is 2.77. The van der Waals surface area contributed by atoms with E-state index < -0.39 is 15.2 Å². The lowest BCUT2D eigenvalue weighted by Crippen LogP contribution is -2.49. The number of rotatable bonds is 4. The SMILES string of the molecule is CS(=O)(=O)C1CSCCN1CC(=O)C1CCCC1. The highest BCUT2D eigenvalue weighted by molar-refractivity contribution is 8.00. The first-order valence-electron chi connectivity index (χ1n) is 6.52. The molecule has 104 valence electrons. The fourth-order valence-corrected chi connectivity index (χ4v) is 5.71. The van der Waals surface area contributed by atoms with Gasteiger partial charge in [-0.3, -0.25) is 9.69 Å². The molecule has 1 atom stereocenters. The summed E-state index contributed by atoms with van der Waals surface area (Å²) < 4.78 is 23.5.